The molecule has 1 atom stereocenters. The molecule has 0 saturated carbocycles. The van der Waals surface area contributed by atoms with Gasteiger partial charge in [0.15, 0.2) is 0 Å². The summed E-state index contributed by atoms with van der Waals surface area (Å²) < 4.78 is 1.35. The van der Waals surface area contributed by atoms with Gasteiger partial charge in [0.25, 0.3) is 0 Å². The second kappa shape index (κ2) is 7.87. The average molecular weight is 377 g/mol. The summed E-state index contributed by atoms with van der Waals surface area (Å²) in [5, 5.41) is 2.71. The van der Waals surface area contributed by atoms with Crippen LogP contribution in [0.2, 0.25) is 0 Å². The number of rotatable bonds is 7. The highest BCUT2D eigenvalue weighted by Crippen LogP contribution is 2.40. The number of nitrogens with two attached hydrogens (primary N) is 1. The zero-order chi connectivity index (χ0) is 18.8. The Hall–Kier alpha value is -2.10. The van der Waals surface area contributed by atoms with Crippen molar-refractivity contribution < 1.29 is 0 Å². The van der Waals surface area contributed by atoms with Crippen molar-refractivity contribution >= 4 is 32.3 Å². The summed E-state index contributed by atoms with van der Waals surface area (Å²) in [6.45, 7) is 5.35. The van der Waals surface area contributed by atoms with Crippen molar-refractivity contribution in [1.29, 1.82) is 0 Å². The number of aryl methyl sites for hydroxylation is 1. The fourth-order valence-corrected chi connectivity index (χ4v) is 5.04. The molecule has 0 aliphatic heterocycles. The predicted octanol–water partition coefficient (Wildman–Crippen LogP) is 6.84. The van der Waals surface area contributed by atoms with Gasteiger partial charge in [0.1, 0.15) is 0 Å². The first-order valence-electron chi connectivity index (χ1n) is 10.1. The second-order valence-corrected chi connectivity index (χ2v) is 8.54. The van der Waals surface area contributed by atoms with Gasteiger partial charge in [-0.05, 0) is 66.8 Å². The Labute approximate surface area is 165 Å². The maximum Gasteiger partial charge on any atom is 0.0599 e. The van der Waals surface area contributed by atoms with Crippen LogP contribution in [0.25, 0.3) is 31.6 Å². The predicted molar refractivity (Wildman–Crippen MR) is 120 cm³/mol. The molecule has 2 nitrogen and oxygen atoms in total. The first-order chi connectivity index (χ1) is 13.2. The van der Waals surface area contributed by atoms with Gasteiger partial charge in [-0.25, -0.2) is 0 Å². The van der Waals surface area contributed by atoms with Crippen LogP contribution in [0, 0.1) is 0 Å². The van der Waals surface area contributed by atoms with Gasteiger partial charge in [0, 0.05) is 15.6 Å². The largest absolute Gasteiger partial charge is 0.353 e. The first kappa shape index (κ1) is 18.3. The molecule has 3 heteroatoms. The maximum absolute atomic E-state index is 5.76. The number of benzene rings is 2. The van der Waals surface area contributed by atoms with Gasteiger partial charge in [0.05, 0.1) is 10.6 Å². The summed E-state index contributed by atoms with van der Waals surface area (Å²) in [4.78, 5) is 5.17. The van der Waals surface area contributed by atoms with Crippen LogP contribution in [0.1, 0.15) is 50.2 Å². The molecule has 0 amide bonds. The van der Waals surface area contributed by atoms with Gasteiger partial charge in [0.2, 0.25) is 0 Å². The Bertz CT molecular complexity index is 1020. The number of thiophene rings is 1. The Morgan fingerprint density at radius 3 is 2.70 bits per heavy atom. The molecule has 2 heterocycles. The highest BCUT2D eigenvalue weighted by molar-refractivity contribution is 7.22. The Morgan fingerprint density at radius 1 is 1.07 bits per heavy atom. The van der Waals surface area contributed by atoms with Crippen LogP contribution in [0.5, 0.6) is 0 Å². The number of aromatic amines is 1. The van der Waals surface area contributed by atoms with Gasteiger partial charge in [-0.15, -0.1) is 11.3 Å². The third-order valence-corrected chi connectivity index (χ3v) is 6.80. The molecule has 0 aliphatic rings. The van der Waals surface area contributed by atoms with Gasteiger partial charge >= 0.3 is 0 Å². The van der Waals surface area contributed by atoms with E-state index in [1.54, 1.807) is 0 Å². The summed E-state index contributed by atoms with van der Waals surface area (Å²) in [6, 6.07) is 17.8. The van der Waals surface area contributed by atoms with Crippen molar-refractivity contribution in [3.05, 3.63) is 59.7 Å². The zero-order valence-corrected chi connectivity index (χ0v) is 17.0. The van der Waals surface area contributed by atoms with Crippen molar-refractivity contribution in [3.8, 4) is 10.6 Å². The summed E-state index contributed by atoms with van der Waals surface area (Å²) in [5.41, 5.74) is 11.3. The molecule has 4 aromatic rings. The molecule has 0 spiro atoms. The molecule has 0 fully saturated rings. The van der Waals surface area contributed by atoms with Gasteiger partial charge < -0.3 is 10.7 Å². The number of fused-ring (bicyclic) bond motifs is 2. The number of para-hydroxylation sites is 1. The minimum absolute atomic E-state index is 0.555. The summed E-state index contributed by atoms with van der Waals surface area (Å²) >= 11 is 1.88. The molecule has 0 saturated heterocycles. The smallest absolute Gasteiger partial charge is 0.0599 e. The first-order valence-corrected chi connectivity index (χ1v) is 10.9. The highest BCUT2D eigenvalue weighted by Gasteiger charge is 2.18. The Kier molecular flexibility index (Phi) is 5.33. The van der Waals surface area contributed by atoms with Crippen LogP contribution in [-0.2, 0) is 6.42 Å². The Balaban J connectivity index is 1.90. The van der Waals surface area contributed by atoms with Crippen LogP contribution >= 0.6 is 11.3 Å². The average Bonchev–Trinajstić information content (AvgIpc) is 3.28. The number of hydrogen-bond donors (Lipinski definition) is 2. The maximum atomic E-state index is 5.76. The number of hydrogen-bond acceptors (Lipinski definition) is 2. The van der Waals surface area contributed by atoms with Crippen molar-refractivity contribution in [1.82, 2.24) is 4.98 Å². The topological polar surface area (TPSA) is 41.8 Å². The van der Waals surface area contributed by atoms with Crippen LogP contribution < -0.4 is 5.73 Å². The number of H-pyrrole nitrogens is 1. The Morgan fingerprint density at radius 2 is 1.93 bits per heavy atom. The quantitative estimate of drug-likeness (QED) is 0.340. The van der Waals surface area contributed by atoms with E-state index in [0.717, 1.165) is 32.2 Å². The van der Waals surface area contributed by atoms with E-state index in [2.05, 4.69) is 67.4 Å². The molecular formula is C24H28N2S. The fourth-order valence-electron chi connectivity index (χ4n) is 3.95. The van der Waals surface area contributed by atoms with Gasteiger partial charge in [-0.2, -0.15) is 0 Å². The van der Waals surface area contributed by atoms with Crippen LogP contribution in [0.3, 0.4) is 0 Å². The number of aromatic nitrogens is 1. The fraction of sp³-hybridized carbons (Fsp3) is 0.333. The van der Waals surface area contributed by atoms with E-state index in [4.69, 9.17) is 5.73 Å². The molecule has 0 radical (unpaired) electrons. The van der Waals surface area contributed by atoms with E-state index in [1.165, 1.54) is 42.7 Å². The highest BCUT2D eigenvalue weighted by atomic mass is 32.1. The van der Waals surface area contributed by atoms with Crippen LogP contribution in [0.15, 0.2) is 48.5 Å². The molecule has 0 aliphatic carbocycles. The standard InChI is InChI=1S/C24H28N2S/c1-3-16(2)18-11-8-12-19-20(10-6-7-14-25)24(26-23(18)19)22-15-17-9-4-5-13-21(17)27-22/h4-5,8-9,11-13,15-16,26H,3,6-7,10,14,25H2,1-2H3. The van der Waals surface area contributed by atoms with E-state index < -0.39 is 0 Å². The SMILES string of the molecule is CCC(C)c1cccc2c(CCCCN)c(-c3cc4ccccc4s3)[nH]c12. The third kappa shape index (κ3) is 3.42. The lowest BCUT2D eigenvalue weighted by molar-refractivity contribution is 0.738. The van der Waals surface area contributed by atoms with E-state index >= 15 is 0 Å². The molecule has 1 unspecified atom stereocenters. The normalized spacial score (nSPS) is 12.9. The number of unbranched alkanes of at least 4 members (excludes halogenated alkanes) is 1. The molecule has 3 N–H and O–H groups in total. The minimum Gasteiger partial charge on any atom is -0.353 e. The van der Waals surface area contributed by atoms with E-state index in [1.807, 2.05) is 11.3 Å². The van der Waals surface area contributed by atoms with Crippen molar-refractivity contribution in [2.45, 2.75) is 45.4 Å². The van der Waals surface area contributed by atoms with Crippen molar-refractivity contribution in [2.24, 2.45) is 5.73 Å². The lowest BCUT2D eigenvalue weighted by Gasteiger charge is -2.10. The molecule has 140 valence electrons. The molecule has 0 bridgehead atoms. The monoisotopic (exact) mass is 376 g/mol. The van der Waals surface area contributed by atoms with E-state index in [9.17, 15) is 0 Å². The van der Waals surface area contributed by atoms with Crippen molar-refractivity contribution in [2.75, 3.05) is 6.54 Å². The molecule has 2 aromatic carbocycles. The molecular weight excluding hydrogens is 348 g/mol. The minimum atomic E-state index is 0.555. The van der Waals surface area contributed by atoms with Gasteiger partial charge in [-0.3, -0.25) is 0 Å². The van der Waals surface area contributed by atoms with Crippen molar-refractivity contribution in [3.63, 3.8) is 0 Å². The van der Waals surface area contributed by atoms with Crippen LogP contribution in [0.4, 0.5) is 0 Å². The molecule has 27 heavy (non-hydrogen) atoms. The summed E-state index contributed by atoms with van der Waals surface area (Å²) in [7, 11) is 0. The zero-order valence-electron chi connectivity index (χ0n) is 16.2. The lowest BCUT2D eigenvalue weighted by Crippen LogP contribution is -1.99. The van der Waals surface area contributed by atoms with E-state index in [0.29, 0.717) is 5.92 Å². The second-order valence-electron chi connectivity index (χ2n) is 7.45. The van der Waals surface area contributed by atoms with E-state index in [-0.39, 0.29) is 0 Å². The van der Waals surface area contributed by atoms with Crippen LogP contribution in [-0.4, -0.2) is 11.5 Å². The lowest BCUT2D eigenvalue weighted by atomic mass is 9.95. The molecule has 4 rings (SSSR count). The third-order valence-electron chi connectivity index (χ3n) is 5.67. The molecule has 2 aromatic heterocycles. The summed E-state index contributed by atoms with van der Waals surface area (Å²) in [6.07, 6.45) is 4.43. The number of nitrogens with one attached hydrogen (secondary N) is 1. The van der Waals surface area contributed by atoms with Gasteiger partial charge in [-0.1, -0.05) is 50.2 Å². The summed E-state index contributed by atoms with van der Waals surface area (Å²) in [5.74, 6) is 0.555.